The molecule has 0 atom stereocenters. The third kappa shape index (κ3) is 6.23. The number of rotatable bonds is 7. The van der Waals surface area contributed by atoms with Crippen molar-refractivity contribution < 1.29 is 14.3 Å². The third-order valence-corrected chi connectivity index (χ3v) is 5.12. The molecule has 1 aliphatic heterocycles. The zero-order valence-electron chi connectivity index (χ0n) is 17.9. The summed E-state index contributed by atoms with van der Waals surface area (Å²) in [6, 6.07) is 5.64. The lowest BCUT2D eigenvalue weighted by molar-refractivity contribution is -0.123. The van der Waals surface area contributed by atoms with Crippen LogP contribution in [0.5, 0.6) is 0 Å². The zero-order valence-corrected chi connectivity index (χ0v) is 17.9. The average Bonchev–Trinajstić information content (AvgIpc) is 2.65. The van der Waals surface area contributed by atoms with Crippen molar-refractivity contribution in [3.05, 3.63) is 23.8 Å². The summed E-state index contributed by atoms with van der Waals surface area (Å²) in [5.41, 5.74) is 1.70. The predicted octanol–water partition coefficient (Wildman–Crippen LogP) is 3.67. The number of nitrogens with zero attached hydrogens (tertiary/aromatic N) is 1. The van der Waals surface area contributed by atoms with Crippen molar-refractivity contribution in [3.8, 4) is 0 Å². The molecule has 0 radical (unpaired) electrons. The van der Waals surface area contributed by atoms with Gasteiger partial charge < -0.3 is 20.3 Å². The molecule has 2 rings (SSSR count). The molecule has 0 saturated carbocycles. The van der Waals surface area contributed by atoms with E-state index in [1.165, 1.54) is 0 Å². The summed E-state index contributed by atoms with van der Waals surface area (Å²) >= 11 is 0. The van der Waals surface area contributed by atoms with E-state index in [1.54, 1.807) is 13.2 Å². The maximum absolute atomic E-state index is 12.9. The Bertz CT molecular complexity index is 674. The Morgan fingerprint density at radius 1 is 1.21 bits per heavy atom. The highest BCUT2D eigenvalue weighted by Crippen LogP contribution is 2.29. The number of ether oxygens (including phenoxy) is 1. The minimum absolute atomic E-state index is 0.0708. The molecule has 28 heavy (non-hydrogen) atoms. The SMILES string of the molecule is COCCCNC(=O)c1cc(NC(=O)C(C)(C)C)ccc1N1CCC(C)CC1. The lowest BCUT2D eigenvalue weighted by Gasteiger charge is -2.33. The fraction of sp³-hybridized carbons (Fsp3) is 0.636. The number of hydrogen-bond donors (Lipinski definition) is 2. The van der Waals surface area contributed by atoms with Gasteiger partial charge in [0.05, 0.1) is 5.56 Å². The second-order valence-electron chi connectivity index (χ2n) is 8.71. The van der Waals surface area contributed by atoms with Gasteiger partial charge in [-0.3, -0.25) is 9.59 Å². The number of piperidine rings is 1. The lowest BCUT2D eigenvalue weighted by atomic mass is 9.95. The summed E-state index contributed by atoms with van der Waals surface area (Å²) in [5.74, 6) is 0.531. The molecule has 0 unspecified atom stereocenters. The molecule has 1 fully saturated rings. The van der Waals surface area contributed by atoms with Crippen LogP contribution in [-0.2, 0) is 9.53 Å². The van der Waals surface area contributed by atoms with Crippen LogP contribution < -0.4 is 15.5 Å². The Kier molecular flexibility index (Phi) is 7.87. The van der Waals surface area contributed by atoms with E-state index in [2.05, 4.69) is 22.5 Å². The molecule has 0 bridgehead atoms. The molecule has 0 aromatic heterocycles. The second kappa shape index (κ2) is 9.92. The molecule has 6 heteroatoms. The van der Waals surface area contributed by atoms with Gasteiger partial charge in [-0.05, 0) is 43.4 Å². The van der Waals surface area contributed by atoms with Crippen LogP contribution in [0.1, 0.15) is 57.3 Å². The molecular weight excluding hydrogens is 354 g/mol. The normalized spacial score (nSPS) is 15.4. The molecule has 156 valence electrons. The van der Waals surface area contributed by atoms with Crippen molar-refractivity contribution >= 4 is 23.2 Å². The number of benzene rings is 1. The molecular formula is C22H35N3O3. The summed E-state index contributed by atoms with van der Waals surface area (Å²) in [6.45, 7) is 10.9. The highest BCUT2D eigenvalue weighted by Gasteiger charge is 2.24. The van der Waals surface area contributed by atoms with Gasteiger partial charge in [0.2, 0.25) is 5.91 Å². The molecule has 1 saturated heterocycles. The van der Waals surface area contributed by atoms with E-state index in [4.69, 9.17) is 4.74 Å². The van der Waals surface area contributed by atoms with Crippen molar-refractivity contribution in [1.29, 1.82) is 0 Å². The van der Waals surface area contributed by atoms with Crippen LogP contribution in [0.25, 0.3) is 0 Å². The first-order valence-corrected chi connectivity index (χ1v) is 10.2. The van der Waals surface area contributed by atoms with Crippen LogP contribution in [0.15, 0.2) is 18.2 Å². The number of hydrogen-bond acceptors (Lipinski definition) is 4. The summed E-state index contributed by atoms with van der Waals surface area (Å²) in [7, 11) is 1.65. The van der Waals surface area contributed by atoms with Crippen LogP contribution in [0.4, 0.5) is 11.4 Å². The van der Waals surface area contributed by atoms with Gasteiger partial charge in [0.15, 0.2) is 0 Å². The second-order valence-corrected chi connectivity index (χ2v) is 8.71. The van der Waals surface area contributed by atoms with Crippen molar-refractivity contribution in [2.24, 2.45) is 11.3 Å². The Labute approximate surface area is 169 Å². The maximum atomic E-state index is 12.9. The van der Waals surface area contributed by atoms with Gasteiger partial charge in [-0.1, -0.05) is 27.7 Å². The largest absolute Gasteiger partial charge is 0.385 e. The number of carbonyl (C=O) groups is 2. The van der Waals surface area contributed by atoms with Crippen LogP contribution in [0.2, 0.25) is 0 Å². The fourth-order valence-electron chi connectivity index (χ4n) is 3.15. The van der Waals surface area contributed by atoms with Gasteiger partial charge in [-0.15, -0.1) is 0 Å². The Morgan fingerprint density at radius 3 is 2.50 bits per heavy atom. The molecule has 6 nitrogen and oxygen atoms in total. The summed E-state index contributed by atoms with van der Waals surface area (Å²) in [5, 5.41) is 5.91. The molecule has 1 aromatic carbocycles. The van der Waals surface area contributed by atoms with Gasteiger partial charge in [-0.2, -0.15) is 0 Å². The highest BCUT2D eigenvalue weighted by atomic mass is 16.5. The monoisotopic (exact) mass is 389 g/mol. The fourth-order valence-corrected chi connectivity index (χ4v) is 3.15. The van der Waals surface area contributed by atoms with E-state index in [0.717, 1.165) is 38.0 Å². The summed E-state index contributed by atoms with van der Waals surface area (Å²) in [6.07, 6.45) is 3.01. The van der Waals surface area contributed by atoms with E-state index in [9.17, 15) is 9.59 Å². The molecule has 1 aliphatic rings. The van der Waals surface area contributed by atoms with Crippen LogP contribution in [-0.4, -0.2) is 45.2 Å². The summed E-state index contributed by atoms with van der Waals surface area (Å²) < 4.78 is 5.05. The van der Waals surface area contributed by atoms with E-state index in [1.807, 2.05) is 32.9 Å². The van der Waals surface area contributed by atoms with Crippen molar-refractivity contribution in [2.75, 3.05) is 43.6 Å². The standard InChI is InChI=1S/C22H35N3O3/c1-16-9-12-25(13-10-16)19-8-7-17(24-21(27)22(2,3)4)15-18(19)20(26)23-11-6-14-28-5/h7-8,15-16H,6,9-14H2,1-5H3,(H,23,26)(H,24,27). The Morgan fingerprint density at radius 2 is 1.89 bits per heavy atom. The molecule has 1 heterocycles. The number of carbonyl (C=O) groups excluding carboxylic acids is 2. The number of methoxy groups -OCH3 is 1. The third-order valence-electron chi connectivity index (χ3n) is 5.12. The Hall–Kier alpha value is -2.08. The quantitative estimate of drug-likeness (QED) is 0.698. The van der Waals surface area contributed by atoms with E-state index in [-0.39, 0.29) is 11.8 Å². The average molecular weight is 390 g/mol. The van der Waals surface area contributed by atoms with Crippen molar-refractivity contribution in [2.45, 2.75) is 47.0 Å². The minimum atomic E-state index is -0.496. The lowest BCUT2D eigenvalue weighted by Crippen LogP contribution is -2.35. The van der Waals surface area contributed by atoms with Gasteiger partial charge in [0, 0.05) is 50.1 Å². The molecule has 2 N–H and O–H groups in total. The van der Waals surface area contributed by atoms with Gasteiger partial charge in [0.25, 0.3) is 5.91 Å². The van der Waals surface area contributed by atoms with Gasteiger partial charge >= 0.3 is 0 Å². The highest BCUT2D eigenvalue weighted by molar-refractivity contribution is 6.02. The number of nitrogens with one attached hydrogen (secondary N) is 2. The maximum Gasteiger partial charge on any atom is 0.253 e. The van der Waals surface area contributed by atoms with Crippen LogP contribution in [0, 0.1) is 11.3 Å². The molecule has 1 aromatic rings. The summed E-state index contributed by atoms with van der Waals surface area (Å²) in [4.78, 5) is 27.5. The van der Waals surface area contributed by atoms with Crippen LogP contribution in [0.3, 0.4) is 0 Å². The first kappa shape index (κ1) is 22.2. The van der Waals surface area contributed by atoms with Crippen molar-refractivity contribution in [1.82, 2.24) is 5.32 Å². The van der Waals surface area contributed by atoms with E-state index in [0.29, 0.717) is 30.3 Å². The number of anilines is 2. The molecule has 0 spiro atoms. The van der Waals surface area contributed by atoms with Crippen LogP contribution >= 0.6 is 0 Å². The predicted molar refractivity (Wildman–Crippen MR) is 114 cm³/mol. The topological polar surface area (TPSA) is 70.7 Å². The smallest absolute Gasteiger partial charge is 0.253 e. The number of amides is 2. The molecule has 0 aliphatic carbocycles. The van der Waals surface area contributed by atoms with Gasteiger partial charge in [-0.25, -0.2) is 0 Å². The van der Waals surface area contributed by atoms with E-state index >= 15 is 0 Å². The first-order chi connectivity index (χ1) is 13.2. The van der Waals surface area contributed by atoms with E-state index < -0.39 is 5.41 Å². The minimum Gasteiger partial charge on any atom is -0.385 e. The zero-order chi connectivity index (χ0) is 20.7. The molecule has 2 amide bonds. The van der Waals surface area contributed by atoms with Crippen molar-refractivity contribution in [3.63, 3.8) is 0 Å². The Balaban J connectivity index is 2.23. The van der Waals surface area contributed by atoms with Gasteiger partial charge in [0.1, 0.15) is 0 Å². The first-order valence-electron chi connectivity index (χ1n) is 10.2.